The summed E-state index contributed by atoms with van der Waals surface area (Å²) in [6, 6.07) is 13.2. The minimum atomic E-state index is -0.262. The van der Waals surface area contributed by atoms with E-state index in [2.05, 4.69) is 17.3 Å². The highest BCUT2D eigenvalue weighted by atomic mass is 35.5. The third-order valence-corrected chi connectivity index (χ3v) is 6.98. The van der Waals surface area contributed by atoms with Crippen LogP contribution in [0.1, 0.15) is 17.5 Å². The molecular weight excluding hydrogens is 426 g/mol. The summed E-state index contributed by atoms with van der Waals surface area (Å²) in [6.07, 6.45) is 6.58. The highest BCUT2D eigenvalue weighted by Gasteiger charge is 2.59. The van der Waals surface area contributed by atoms with Gasteiger partial charge in [0.2, 0.25) is 0 Å². The number of hydrazone groups is 1. The number of carbonyl (C=O) groups is 2. The number of halogens is 1. The lowest BCUT2D eigenvalue weighted by atomic mass is 9.85. The van der Waals surface area contributed by atoms with Crippen molar-refractivity contribution in [1.29, 1.82) is 0 Å². The summed E-state index contributed by atoms with van der Waals surface area (Å²) in [6.45, 7) is 0.290. The fraction of sp³-hybridized carbons (Fsp3) is 0.320. The monoisotopic (exact) mass is 449 g/mol. The number of carbonyl (C=O) groups excluding carboxylic acids is 2. The molecule has 0 N–H and O–H groups in total. The topological polar surface area (TPSA) is 62.2 Å². The van der Waals surface area contributed by atoms with Gasteiger partial charge < -0.3 is 9.64 Å². The fourth-order valence-electron chi connectivity index (χ4n) is 4.92. The van der Waals surface area contributed by atoms with Crippen LogP contribution < -0.4 is 9.64 Å². The molecule has 2 amide bonds. The van der Waals surface area contributed by atoms with E-state index >= 15 is 0 Å². The molecule has 2 fully saturated rings. The molecule has 2 bridgehead atoms. The van der Waals surface area contributed by atoms with Gasteiger partial charge >= 0.3 is 0 Å². The summed E-state index contributed by atoms with van der Waals surface area (Å²) >= 11 is 6.27. The Kier molecular flexibility index (Phi) is 5.25. The number of anilines is 1. The number of allylic oxidation sites excluding steroid dienone is 2. The Hall–Kier alpha value is -3.12. The van der Waals surface area contributed by atoms with Crippen molar-refractivity contribution in [2.75, 3.05) is 19.0 Å². The number of hydrogen-bond acceptors (Lipinski definition) is 5. The van der Waals surface area contributed by atoms with E-state index in [0.717, 1.165) is 22.7 Å². The molecular formula is C25H24ClN3O3. The van der Waals surface area contributed by atoms with E-state index in [0.29, 0.717) is 16.3 Å². The second-order valence-corrected chi connectivity index (χ2v) is 9.14. The van der Waals surface area contributed by atoms with Gasteiger partial charge in [0.1, 0.15) is 12.4 Å². The van der Waals surface area contributed by atoms with E-state index in [9.17, 15) is 9.59 Å². The third-order valence-electron chi connectivity index (χ3n) is 6.61. The van der Waals surface area contributed by atoms with Crippen molar-refractivity contribution in [2.24, 2.45) is 28.8 Å². The average molecular weight is 450 g/mol. The van der Waals surface area contributed by atoms with Crippen LogP contribution in [0.2, 0.25) is 5.02 Å². The molecule has 0 radical (unpaired) electrons. The number of nitrogens with zero attached hydrogens (tertiary/aromatic N) is 3. The van der Waals surface area contributed by atoms with Crippen LogP contribution in [0.4, 0.5) is 5.69 Å². The summed E-state index contributed by atoms with van der Waals surface area (Å²) in [4.78, 5) is 27.8. The Labute approximate surface area is 192 Å². The van der Waals surface area contributed by atoms with E-state index in [4.69, 9.17) is 16.3 Å². The number of imide groups is 1. The lowest BCUT2D eigenvalue weighted by Gasteiger charge is -2.17. The van der Waals surface area contributed by atoms with E-state index in [1.807, 2.05) is 61.5 Å². The molecule has 6 nitrogen and oxygen atoms in total. The molecule has 1 heterocycles. The first-order chi connectivity index (χ1) is 15.4. The van der Waals surface area contributed by atoms with Crippen molar-refractivity contribution in [3.8, 4) is 5.75 Å². The molecule has 2 aliphatic carbocycles. The van der Waals surface area contributed by atoms with Crippen molar-refractivity contribution < 1.29 is 14.3 Å². The zero-order valence-corrected chi connectivity index (χ0v) is 18.7. The predicted molar refractivity (Wildman–Crippen MR) is 124 cm³/mol. The zero-order valence-electron chi connectivity index (χ0n) is 17.9. The van der Waals surface area contributed by atoms with Crippen LogP contribution in [0.15, 0.2) is 59.7 Å². The summed E-state index contributed by atoms with van der Waals surface area (Å²) in [5.41, 5.74) is 2.51. The first-order valence-electron chi connectivity index (χ1n) is 10.7. The average Bonchev–Trinajstić information content (AvgIpc) is 3.46. The van der Waals surface area contributed by atoms with Crippen molar-refractivity contribution in [3.63, 3.8) is 0 Å². The molecule has 7 heteroatoms. The molecule has 5 rings (SSSR count). The maximum Gasteiger partial charge on any atom is 0.254 e. The zero-order chi connectivity index (χ0) is 22.4. The third kappa shape index (κ3) is 3.48. The first kappa shape index (κ1) is 20.8. The van der Waals surface area contributed by atoms with Gasteiger partial charge in [0.05, 0.1) is 18.1 Å². The lowest BCUT2D eigenvalue weighted by molar-refractivity contribution is -0.140. The minimum absolute atomic E-state index is 0.163. The number of ether oxygens (including phenoxy) is 1. The number of benzene rings is 2. The standard InChI is InChI=1S/C25H24ClN3O3/c1-28(2)19-10-9-17(21(12-19)32-14-18-5-3-4-6-20(18)26)13-27-29-24(30)22-15-7-8-16(11-15)23(22)25(29)31/h3-10,12-13,15-16,22-23H,11,14H2,1-2H3. The molecule has 4 unspecified atom stereocenters. The number of fused-ring (bicyclic) bond motifs is 5. The van der Waals surface area contributed by atoms with Gasteiger partial charge in [0.25, 0.3) is 11.8 Å². The molecule has 1 saturated heterocycles. The Morgan fingerprint density at radius 3 is 2.44 bits per heavy atom. The SMILES string of the molecule is CN(C)c1ccc(C=NN2C(=O)C3C4C=CC(C4)C3C2=O)c(OCc2ccccc2Cl)c1. The second kappa shape index (κ2) is 8.10. The van der Waals surface area contributed by atoms with Gasteiger partial charge in [-0.15, -0.1) is 0 Å². The lowest BCUT2D eigenvalue weighted by Crippen LogP contribution is -2.28. The van der Waals surface area contributed by atoms with Gasteiger partial charge in [-0.3, -0.25) is 9.59 Å². The van der Waals surface area contributed by atoms with Gasteiger partial charge in [0, 0.05) is 42.0 Å². The highest BCUT2D eigenvalue weighted by molar-refractivity contribution is 6.31. The van der Waals surface area contributed by atoms with Crippen LogP contribution in [0, 0.1) is 23.7 Å². The van der Waals surface area contributed by atoms with Crippen LogP contribution in [0.3, 0.4) is 0 Å². The molecule has 1 aliphatic heterocycles. The molecule has 4 atom stereocenters. The summed E-state index contributed by atoms with van der Waals surface area (Å²) in [7, 11) is 3.90. The number of hydrogen-bond donors (Lipinski definition) is 0. The van der Waals surface area contributed by atoms with Gasteiger partial charge in [0.15, 0.2) is 0 Å². The molecule has 2 aromatic rings. The van der Waals surface area contributed by atoms with Crippen molar-refractivity contribution in [1.82, 2.24) is 5.01 Å². The molecule has 3 aliphatic rings. The molecule has 0 spiro atoms. The Morgan fingerprint density at radius 1 is 1.09 bits per heavy atom. The van der Waals surface area contributed by atoms with E-state index in [1.54, 1.807) is 0 Å². The number of rotatable bonds is 6. The quantitative estimate of drug-likeness (QED) is 0.378. The smallest absolute Gasteiger partial charge is 0.254 e. The van der Waals surface area contributed by atoms with Crippen LogP contribution >= 0.6 is 11.6 Å². The van der Waals surface area contributed by atoms with Crippen molar-refractivity contribution >= 4 is 35.3 Å². The van der Waals surface area contributed by atoms with Gasteiger partial charge in [-0.1, -0.05) is 42.0 Å². The van der Waals surface area contributed by atoms with E-state index in [1.165, 1.54) is 6.21 Å². The van der Waals surface area contributed by atoms with E-state index < -0.39 is 0 Å². The maximum atomic E-state index is 12.9. The Balaban J connectivity index is 1.39. The molecule has 2 aromatic carbocycles. The van der Waals surface area contributed by atoms with Crippen LogP contribution in [-0.4, -0.2) is 37.1 Å². The van der Waals surface area contributed by atoms with Crippen molar-refractivity contribution in [2.45, 2.75) is 13.0 Å². The van der Waals surface area contributed by atoms with Gasteiger partial charge in [-0.2, -0.15) is 10.1 Å². The predicted octanol–water partition coefficient (Wildman–Crippen LogP) is 4.13. The largest absolute Gasteiger partial charge is 0.488 e. The normalized spacial score (nSPS) is 25.8. The number of amides is 2. The second-order valence-electron chi connectivity index (χ2n) is 8.73. The summed E-state index contributed by atoms with van der Waals surface area (Å²) in [5.74, 6) is 0.00323. The van der Waals surface area contributed by atoms with Gasteiger partial charge in [-0.05, 0) is 36.5 Å². The summed E-state index contributed by atoms with van der Waals surface area (Å²) in [5, 5.41) is 5.99. The van der Waals surface area contributed by atoms with Crippen molar-refractivity contribution in [3.05, 3.63) is 70.8 Å². The fourth-order valence-corrected chi connectivity index (χ4v) is 5.11. The Morgan fingerprint density at radius 2 is 1.78 bits per heavy atom. The summed E-state index contributed by atoms with van der Waals surface area (Å²) < 4.78 is 6.08. The van der Waals surface area contributed by atoms with Gasteiger partial charge in [-0.25, -0.2) is 0 Å². The first-order valence-corrected chi connectivity index (χ1v) is 11.1. The molecule has 164 valence electrons. The molecule has 1 saturated carbocycles. The Bertz CT molecular complexity index is 1110. The molecule has 0 aromatic heterocycles. The van der Waals surface area contributed by atoms with Crippen LogP contribution in [0.5, 0.6) is 5.75 Å². The van der Waals surface area contributed by atoms with E-state index in [-0.39, 0.29) is 42.1 Å². The minimum Gasteiger partial charge on any atom is -0.488 e. The van der Waals surface area contributed by atoms with Crippen LogP contribution in [0.25, 0.3) is 0 Å². The van der Waals surface area contributed by atoms with Crippen LogP contribution in [-0.2, 0) is 16.2 Å². The molecule has 32 heavy (non-hydrogen) atoms. The highest BCUT2D eigenvalue weighted by Crippen LogP contribution is 2.52. The maximum absolute atomic E-state index is 12.9.